The van der Waals surface area contributed by atoms with E-state index in [0.29, 0.717) is 0 Å². The number of aromatic nitrogens is 2. The van der Waals surface area contributed by atoms with Crippen LogP contribution in [-0.2, 0) is 13.1 Å². The molecule has 1 fully saturated rings. The molecule has 1 aromatic rings. The van der Waals surface area contributed by atoms with E-state index in [1.54, 1.807) is 0 Å². The summed E-state index contributed by atoms with van der Waals surface area (Å²) in [6, 6.07) is 0. The van der Waals surface area contributed by atoms with Crippen LogP contribution in [0.2, 0.25) is 0 Å². The largest absolute Gasteiger partial charge is 0.301 e. The van der Waals surface area contributed by atoms with Crippen molar-refractivity contribution in [2.45, 2.75) is 40.3 Å². The second-order valence-electron chi connectivity index (χ2n) is 5.28. The Morgan fingerprint density at radius 3 is 2.32 bits per heavy atom. The molecule has 19 heavy (non-hydrogen) atoms. The quantitative estimate of drug-likeness (QED) is 0.830. The summed E-state index contributed by atoms with van der Waals surface area (Å²) in [7, 11) is 0. The Kier molecular flexibility index (Phi) is 5.42. The zero-order valence-electron chi connectivity index (χ0n) is 12.3. The summed E-state index contributed by atoms with van der Waals surface area (Å²) in [5.41, 5.74) is 2.42. The summed E-state index contributed by atoms with van der Waals surface area (Å²) in [5.74, 6) is 0. The van der Waals surface area contributed by atoms with Crippen LogP contribution in [0.3, 0.4) is 0 Å². The lowest BCUT2D eigenvalue weighted by Gasteiger charge is -2.34. The van der Waals surface area contributed by atoms with Crippen LogP contribution in [0.1, 0.15) is 31.7 Å². The Morgan fingerprint density at radius 2 is 1.74 bits per heavy atom. The van der Waals surface area contributed by atoms with Crippen LogP contribution < -0.4 is 0 Å². The number of nitrogens with zero attached hydrogens (tertiary/aromatic N) is 4. The topological polar surface area (TPSA) is 24.3 Å². The van der Waals surface area contributed by atoms with Crippen LogP contribution in [0, 0.1) is 6.92 Å². The third-order valence-corrected chi connectivity index (χ3v) is 4.86. The highest BCUT2D eigenvalue weighted by Crippen LogP contribution is 2.23. The summed E-state index contributed by atoms with van der Waals surface area (Å²) in [6.07, 6.45) is 1.26. The molecule has 0 unspecified atom stereocenters. The maximum Gasteiger partial charge on any atom is 0.0739 e. The van der Waals surface area contributed by atoms with Crippen molar-refractivity contribution < 1.29 is 0 Å². The van der Waals surface area contributed by atoms with Gasteiger partial charge in [0.25, 0.3) is 0 Å². The third kappa shape index (κ3) is 3.58. The predicted molar refractivity (Wildman–Crippen MR) is 82.3 cm³/mol. The minimum atomic E-state index is 0.942. The van der Waals surface area contributed by atoms with E-state index < -0.39 is 0 Å². The van der Waals surface area contributed by atoms with Crippen LogP contribution in [0.25, 0.3) is 0 Å². The van der Waals surface area contributed by atoms with Gasteiger partial charge in [0.05, 0.1) is 15.9 Å². The molecule has 1 aliphatic rings. The lowest BCUT2D eigenvalue weighted by Crippen LogP contribution is -2.46. The van der Waals surface area contributed by atoms with Crippen molar-refractivity contribution in [1.82, 2.24) is 19.6 Å². The highest BCUT2D eigenvalue weighted by molar-refractivity contribution is 9.10. The van der Waals surface area contributed by atoms with Gasteiger partial charge >= 0.3 is 0 Å². The third-order valence-electron chi connectivity index (χ3n) is 3.83. The molecule has 0 bridgehead atoms. The average molecular weight is 329 g/mol. The molecule has 1 aromatic heterocycles. The maximum absolute atomic E-state index is 4.57. The first-order valence-corrected chi connectivity index (χ1v) is 8.11. The van der Waals surface area contributed by atoms with E-state index in [2.05, 4.69) is 56.3 Å². The van der Waals surface area contributed by atoms with Gasteiger partial charge in [0, 0.05) is 39.3 Å². The maximum atomic E-state index is 4.57. The Morgan fingerprint density at radius 1 is 1.11 bits per heavy atom. The molecular weight excluding hydrogens is 304 g/mol. The van der Waals surface area contributed by atoms with Crippen LogP contribution in [-0.4, -0.2) is 52.3 Å². The zero-order valence-corrected chi connectivity index (χ0v) is 13.9. The van der Waals surface area contributed by atoms with Gasteiger partial charge < -0.3 is 4.90 Å². The van der Waals surface area contributed by atoms with Crippen molar-refractivity contribution in [3.8, 4) is 0 Å². The van der Waals surface area contributed by atoms with Crippen molar-refractivity contribution in [3.05, 3.63) is 15.9 Å². The van der Waals surface area contributed by atoms with Gasteiger partial charge in [-0.05, 0) is 42.7 Å². The molecule has 5 heteroatoms. The van der Waals surface area contributed by atoms with Crippen molar-refractivity contribution in [2.75, 3.05) is 32.7 Å². The Bertz CT molecular complexity index is 408. The summed E-state index contributed by atoms with van der Waals surface area (Å²) >= 11 is 3.68. The van der Waals surface area contributed by atoms with Gasteiger partial charge in [-0.1, -0.05) is 6.92 Å². The van der Waals surface area contributed by atoms with Gasteiger partial charge in [-0.25, -0.2) is 0 Å². The lowest BCUT2D eigenvalue weighted by atomic mass is 10.2. The normalized spacial score (nSPS) is 18.1. The number of piperazine rings is 1. The Labute approximate surface area is 124 Å². The fourth-order valence-electron chi connectivity index (χ4n) is 2.72. The lowest BCUT2D eigenvalue weighted by molar-refractivity contribution is 0.125. The minimum absolute atomic E-state index is 0.942. The second kappa shape index (κ2) is 6.86. The van der Waals surface area contributed by atoms with Gasteiger partial charge in [0.15, 0.2) is 0 Å². The van der Waals surface area contributed by atoms with E-state index in [0.717, 1.165) is 18.8 Å². The van der Waals surface area contributed by atoms with E-state index in [1.165, 1.54) is 49.3 Å². The van der Waals surface area contributed by atoms with Gasteiger partial charge in [0.2, 0.25) is 0 Å². The monoisotopic (exact) mass is 328 g/mol. The van der Waals surface area contributed by atoms with Gasteiger partial charge in [-0.2, -0.15) is 5.10 Å². The smallest absolute Gasteiger partial charge is 0.0739 e. The summed E-state index contributed by atoms with van der Waals surface area (Å²) in [5, 5.41) is 4.57. The molecular formula is C14H25BrN4. The molecule has 0 aromatic carbocycles. The molecule has 0 aliphatic carbocycles. The SMILES string of the molecule is CCCN1CCN(Cc2c(Br)c(C)nn2CC)CC1. The molecule has 0 radical (unpaired) electrons. The fourth-order valence-corrected chi connectivity index (χ4v) is 3.13. The second-order valence-corrected chi connectivity index (χ2v) is 6.07. The number of aryl methyl sites for hydroxylation is 2. The Balaban J connectivity index is 1.95. The first-order valence-electron chi connectivity index (χ1n) is 7.32. The standard InChI is InChI=1S/C14H25BrN4/c1-4-6-17-7-9-18(10-8-17)11-13-14(15)12(3)16-19(13)5-2/h4-11H2,1-3H3. The van der Waals surface area contributed by atoms with Crippen molar-refractivity contribution in [1.29, 1.82) is 0 Å². The Hall–Kier alpha value is -0.390. The molecule has 0 amide bonds. The van der Waals surface area contributed by atoms with Crippen LogP contribution in [0.5, 0.6) is 0 Å². The van der Waals surface area contributed by atoms with E-state index in [9.17, 15) is 0 Å². The first-order chi connectivity index (χ1) is 9.15. The zero-order chi connectivity index (χ0) is 13.8. The molecule has 0 spiro atoms. The summed E-state index contributed by atoms with van der Waals surface area (Å²) < 4.78 is 3.31. The molecule has 0 N–H and O–H groups in total. The number of rotatable bonds is 5. The molecule has 0 atom stereocenters. The van der Waals surface area contributed by atoms with Crippen molar-refractivity contribution in [3.63, 3.8) is 0 Å². The number of hydrogen-bond acceptors (Lipinski definition) is 3. The van der Waals surface area contributed by atoms with Crippen molar-refractivity contribution in [2.24, 2.45) is 0 Å². The molecule has 2 rings (SSSR count). The highest BCUT2D eigenvalue weighted by Gasteiger charge is 2.20. The predicted octanol–water partition coefficient (Wildman–Crippen LogP) is 2.50. The highest BCUT2D eigenvalue weighted by atomic mass is 79.9. The van der Waals surface area contributed by atoms with E-state index >= 15 is 0 Å². The number of halogens is 1. The van der Waals surface area contributed by atoms with Crippen LogP contribution in [0.15, 0.2) is 4.47 Å². The first kappa shape index (κ1) is 15.0. The summed E-state index contributed by atoms with van der Waals surface area (Å²) in [4.78, 5) is 5.10. The van der Waals surface area contributed by atoms with Gasteiger partial charge in [-0.15, -0.1) is 0 Å². The van der Waals surface area contributed by atoms with E-state index in [4.69, 9.17) is 0 Å². The van der Waals surface area contributed by atoms with E-state index in [1.807, 2.05) is 0 Å². The van der Waals surface area contributed by atoms with Crippen LogP contribution in [0.4, 0.5) is 0 Å². The number of hydrogen-bond donors (Lipinski definition) is 0. The molecule has 0 saturated carbocycles. The van der Waals surface area contributed by atoms with Crippen molar-refractivity contribution >= 4 is 15.9 Å². The molecule has 2 heterocycles. The minimum Gasteiger partial charge on any atom is -0.301 e. The molecule has 4 nitrogen and oxygen atoms in total. The van der Waals surface area contributed by atoms with Gasteiger partial charge in [-0.3, -0.25) is 9.58 Å². The molecule has 108 valence electrons. The molecule has 1 saturated heterocycles. The fraction of sp³-hybridized carbons (Fsp3) is 0.786. The summed E-state index contributed by atoms with van der Waals surface area (Å²) in [6.45, 7) is 14.4. The van der Waals surface area contributed by atoms with E-state index in [-0.39, 0.29) is 0 Å². The molecule has 1 aliphatic heterocycles. The van der Waals surface area contributed by atoms with Gasteiger partial charge in [0.1, 0.15) is 0 Å². The van der Waals surface area contributed by atoms with Crippen LogP contribution >= 0.6 is 15.9 Å². The average Bonchev–Trinajstić information content (AvgIpc) is 2.69.